The van der Waals surface area contributed by atoms with Crippen molar-refractivity contribution >= 4 is 33.2 Å². The fourth-order valence-corrected chi connectivity index (χ4v) is 2.26. The third kappa shape index (κ3) is 3.37. The van der Waals surface area contributed by atoms with E-state index in [1.165, 1.54) is 18.2 Å². The van der Waals surface area contributed by atoms with E-state index in [9.17, 15) is 9.18 Å². The average molecular weight is 330 g/mol. The number of nitrogens with zero attached hydrogens (tertiary/aromatic N) is 1. The van der Waals surface area contributed by atoms with Gasteiger partial charge in [0.1, 0.15) is 5.82 Å². The van der Waals surface area contributed by atoms with E-state index < -0.39 is 5.82 Å². The van der Waals surface area contributed by atoms with Gasteiger partial charge >= 0.3 is 0 Å². The molecule has 0 bridgehead atoms. The first-order valence-electron chi connectivity index (χ1n) is 5.80. The van der Waals surface area contributed by atoms with Crippen LogP contribution < -0.4 is 10.8 Å². The summed E-state index contributed by atoms with van der Waals surface area (Å²) in [6, 6.07) is 4.10. The molecule has 1 heterocycles. The van der Waals surface area contributed by atoms with Crippen LogP contribution in [-0.2, 0) is 4.79 Å². The van der Waals surface area contributed by atoms with Crippen molar-refractivity contribution in [3.8, 4) is 0 Å². The summed E-state index contributed by atoms with van der Waals surface area (Å²) in [4.78, 5) is 16.1. The highest BCUT2D eigenvalue weighted by Gasteiger charge is 2.26. The highest BCUT2D eigenvalue weighted by molar-refractivity contribution is 9.10. The smallest absolute Gasteiger partial charge is 0.204 e. The van der Waals surface area contributed by atoms with Crippen LogP contribution in [0.4, 0.5) is 10.1 Å². The maximum atomic E-state index is 13.1. The van der Waals surface area contributed by atoms with Crippen molar-refractivity contribution in [2.24, 2.45) is 10.9 Å². The van der Waals surface area contributed by atoms with Crippen molar-refractivity contribution in [2.75, 3.05) is 13.1 Å². The molecule has 1 aromatic carbocycles. The van der Waals surface area contributed by atoms with Crippen molar-refractivity contribution in [3.63, 3.8) is 0 Å². The average Bonchev–Trinajstić information content (AvgIpc) is 2.93. The van der Waals surface area contributed by atoms with Crippen LogP contribution in [0.25, 0.3) is 0 Å². The summed E-state index contributed by atoms with van der Waals surface area (Å²) >= 11 is 3.04. The molecule has 5 nitrogen and oxygen atoms in total. The molecule has 0 aromatic heterocycles. The SMILES string of the molecule is O=C(C(=Nc1ccc(F)c(Br)c1)NO)C1CCNC1. The molecule has 19 heavy (non-hydrogen) atoms. The van der Waals surface area contributed by atoms with Gasteiger partial charge in [0.25, 0.3) is 0 Å². The molecule has 102 valence electrons. The number of Topliss-reactive ketones (excluding diaryl/α,β-unsaturated/α-hetero) is 1. The summed E-state index contributed by atoms with van der Waals surface area (Å²) in [7, 11) is 0. The van der Waals surface area contributed by atoms with Crippen LogP contribution in [0.5, 0.6) is 0 Å². The Balaban J connectivity index is 2.22. The minimum atomic E-state index is -0.413. The number of hydrogen-bond acceptors (Lipinski definition) is 4. The molecular formula is C12H13BrFN3O2. The molecule has 1 fully saturated rings. The fraction of sp³-hybridized carbons (Fsp3) is 0.333. The van der Waals surface area contributed by atoms with Crippen molar-refractivity contribution in [2.45, 2.75) is 6.42 Å². The van der Waals surface area contributed by atoms with Gasteiger partial charge in [-0.1, -0.05) is 0 Å². The highest BCUT2D eigenvalue weighted by atomic mass is 79.9. The van der Waals surface area contributed by atoms with Gasteiger partial charge in [-0.2, -0.15) is 0 Å². The number of nitrogens with one attached hydrogen (secondary N) is 2. The highest BCUT2D eigenvalue weighted by Crippen LogP contribution is 2.22. The first-order chi connectivity index (χ1) is 9.11. The second kappa shape index (κ2) is 6.23. The Kier molecular flexibility index (Phi) is 4.62. The van der Waals surface area contributed by atoms with Gasteiger partial charge in [0.15, 0.2) is 5.84 Å². The zero-order valence-electron chi connectivity index (χ0n) is 9.99. The monoisotopic (exact) mass is 329 g/mol. The molecule has 1 aliphatic heterocycles. The predicted molar refractivity (Wildman–Crippen MR) is 72.1 cm³/mol. The van der Waals surface area contributed by atoms with Crippen LogP contribution >= 0.6 is 15.9 Å². The molecule has 1 saturated heterocycles. The Bertz CT molecular complexity index is 516. The van der Waals surface area contributed by atoms with Gasteiger partial charge in [-0.15, -0.1) is 0 Å². The molecule has 0 aliphatic carbocycles. The number of aliphatic imine (C=N–C) groups is 1. The quantitative estimate of drug-likeness (QED) is 0.449. The Morgan fingerprint density at radius 3 is 2.95 bits per heavy atom. The van der Waals surface area contributed by atoms with Crippen molar-refractivity contribution < 1.29 is 14.4 Å². The van der Waals surface area contributed by atoms with Gasteiger partial charge in [0, 0.05) is 12.5 Å². The van der Waals surface area contributed by atoms with Crippen molar-refractivity contribution in [1.29, 1.82) is 0 Å². The fourth-order valence-electron chi connectivity index (χ4n) is 1.89. The number of amidine groups is 1. The number of hydroxylamine groups is 1. The molecule has 0 saturated carbocycles. The third-order valence-electron chi connectivity index (χ3n) is 2.91. The lowest BCUT2D eigenvalue weighted by atomic mass is 10.0. The zero-order chi connectivity index (χ0) is 13.8. The standard InChI is InChI=1S/C12H13BrFN3O2/c13-9-5-8(1-2-10(9)14)16-12(17-19)11(18)7-3-4-15-6-7/h1-2,5,7,15,19H,3-4,6H2,(H,16,17). The summed E-state index contributed by atoms with van der Waals surface area (Å²) in [5.74, 6) is -0.994. The molecule has 1 atom stereocenters. The maximum Gasteiger partial charge on any atom is 0.204 e. The first kappa shape index (κ1) is 14.1. The normalized spacial score (nSPS) is 19.5. The number of carbonyl (C=O) groups is 1. The number of hydrogen-bond donors (Lipinski definition) is 3. The van der Waals surface area contributed by atoms with E-state index in [1.54, 1.807) is 0 Å². The van der Waals surface area contributed by atoms with Crippen LogP contribution in [0, 0.1) is 11.7 Å². The van der Waals surface area contributed by atoms with Crippen LogP contribution in [0.1, 0.15) is 6.42 Å². The second-order valence-electron chi connectivity index (χ2n) is 4.22. The number of benzene rings is 1. The summed E-state index contributed by atoms with van der Waals surface area (Å²) < 4.78 is 13.3. The van der Waals surface area contributed by atoms with E-state index in [1.807, 2.05) is 5.48 Å². The summed E-state index contributed by atoms with van der Waals surface area (Å²) in [6.07, 6.45) is 0.715. The van der Waals surface area contributed by atoms with Crippen LogP contribution in [-0.4, -0.2) is 29.9 Å². The Morgan fingerprint density at radius 1 is 1.58 bits per heavy atom. The van der Waals surface area contributed by atoms with E-state index in [2.05, 4.69) is 26.2 Å². The number of rotatable bonds is 3. The van der Waals surface area contributed by atoms with Gasteiger partial charge < -0.3 is 5.32 Å². The number of ketones is 1. The predicted octanol–water partition coefficient (Wildman–Crippen LogP) is 1.78. The molecule has 3 N–H and O–H groups in total. The van der Waals surface area contributed by atoms with Crippen LogP contribution in [0.15, 0.2) is 27.7 Å². The van der Waals surface area contributed by atoms with Gasteiger partial charge in [-0.3, -0.25) is 10.0 Å². The second-order valence-corrected chi connectivity index (χ2v) is 5.08. The van der Waals surface area contributed by atoms with Crippen LogP contribution in [0.2, 0.25) is 0 Å². The molecule has 0 radical (unpaired) electrons. The molecule has 1 aliphatic rings. The largest absolute Gasteiger partial charge is 0.316 e. The minimum absolute atomic E-state index is 0.132. The van der Waals surface area contributed by atoms with E-state index in [0.29, 0.717) is 18.7 Å². The van der Waals surface area contributed by atoms with E-state index in [0.717, 1.165) is 6.54 Å². The van der Waals surface area contributed by atoms with Crippen molar-refractivity contribution in [3.05, 3.63) is 28.5 Å². The molecule has 7 heteroatoms. The molecule has 0 amide bonds. The van der Waals surface area contributed by atoms with Gasteiger partial charge in [-0.25, -0.2) is 14.9 Å². The Labute approximate surface area is 118 Å². The third-order valence-corrected chi connectivity index (χ3v) is 3.52. The maximum absolute atomic E-state index is 13.1. The van der Waals surface area contributed by atoms with Gasteiger partial charge in [0.05, 0.1) is 10.2 Å². The van der Waals surface area contributed by atoms with Crippen LogP contribution in [0.3, 0.4) is 0 Å². The molecule has 2 rings (SSSR count). The molecule has 1 aromatic rings. The lowest BCUT2D eigenvalue weighted by Crippen LogP contribution is -2.34. The lowest BCUT2D eigenvalue weighted by molar-refractivity contribution is -0.116. The Morgan fingerprint density at radius 2 is 2.37 bits per heavy atom. The zero-order valence-corrected chi connectivity index (χ0v) is 11.6. The van der Waals surface area contributed by atoms with E-state index in [-0.39, 0.29) is 22.0 Å². The molecule has 0 spiro atoms. The summed E-state index contributed by atoms with van der Waals surface area (Å²) in [5, 5.41) is 12.1. The Hall–Kier alpha value is -1.31. The summed E-state index contributed by atoms with van der Waals surface area (Å²) in [6.45, 7) is 1.35. The minimum Gasteiger partial charge on any atom is -0.316 e. The van der Waals surface area contributed by atoms with Gasteiger partial charge in [-0.05, 0) is 47.1 Å². The summed E-state index contributed by atoms with van der Waals surface area (Å²) in [5.41, 5.74) is 2.20. The van der Waals surface area contributed by atoms with E-state index in [4.69, 9.17) is 5.21 Å². The first-order valence-corrected chi connectivity index (χ1v) is 6.60. The molecule has 1 unspecified atom stereocenters. The number of halogens is 2. The van der Waals surface area contributed by atoms with Crippen molar-refractivity contribution in [1.82, 2.24) is 10.8 Å². The number of carbonyl (C=O) groups excluding carboxylic acids is 1. The van der Waals surface area contributed by atoms with Gasteiger partial charge in [0.2, 0.25) is 5.78 Å². The van der Waals surface area contributed by atoms with E-state index >= 15 is 0 Å². The lowest BCUT2D eigenvalue weighted by Gasteiger charge is -2.09. The topological polar surface area (TPSA) is 73.7 Å². The molecular weight excluding hydrogens is 317 g/mol.